The fraction of sp³-hybridized carbons (Fsp3) is 0.250. The van der Waals surface area contributed by atoms with E-state index >= 15 is 0 Å². The molecule has 2 rings (SSSR count). The Labute approximate surface area is 80.5 Å². The van der Waals surface area contributed by atoms with Crippen molar-refractivity contribution in [2.24, 2.45) is 0 Å². The van der Waals surface area contributed by atoms with E-state index in [0.29, 0.717) is 11.9 Å². The number of aromatic amines is 1. The van der Waals surface area contributed by atoms with Crippen LogP contribution in [0.15, 0.2) is 22.8 Å². The maximum Gasteiger partial charge on any atom is 0.244 e. The second kappa shape index (κ2) is 3.41. The van der Waals surface area contributed by atoms with E-state index in [1.165, 1.54) is 0 Å². The lowest BCUT2D eigenvalue weighted by atomic mass is 10.2. The molecule has 2 aromatic heterocycles. The molecule has 0 saturated carbocycles. The van der Waals surface area contributed by atoms with E-state index in [9.17, 15) is 0 Å². The van der Waals surface area contributed by atoms with Crippen LogP contribution in [0.3, 0.4) is 0 Å². The molecule has 1 atom stereocenters. The van der Waals surface area contributed by atoms with Gasteiger partial charge in [0.05, 0.1) is 12.3 Å². The van der Waals surface area contributed by atoms with Crippen molar-refractivity contribution in [2.45, 2.75) is 13.0 Å². The number of hydrogen-bond acceptors (Lipinski definition) is 5. The van der Waals surface area contributed by atoms with Crippen LogP contribution in [0, 0.1) is 0 Å². The average Bonchev–Trinajstić information content (AvgIpc) is 2.75. The van der Waals surface area contributed by atoms with Gasteiger partial charge in [-0.15, -0.1) is 5.10 Å². The number of rotatable bonds is 3. The first-order valence-electron chi connectivity index (χ1n) is 4.23. The first-order chi connectivity index (χ1) is 6.75. The van der Waals surface area contributed by atoms with Gasteiger partial charge in [0.15, 0.2) is 0 Å². The smallest absolute Gasteiger partial charge is 0.244 e. The largest absolute Gasteiger partial charge is 0.467 e. The molecular formula is C8H11N5O. The van der Waals surface area contributed by atoms with Gasteiger partial charge in [0.25, 0.3) is 0 Å². The fourth-order valence-electron chi connectivity index (χ4n) is 1.14. The number of nitrogens with zero attached hydrogens (tertiary/aromatic N) is 2. The van der Waals surface area contributed by atoms with E-state index in [1.807, 2.05) is 19.1 Å². The summed E-state index contributed by atoms with van der Waals surface area (Å²) in [5.41, 5.74) is 5.38. The third kappa shape index (κ3) is 1.68. The Morgan fingerprint density at radius 3 is 3.07 bits per heavy atom. The molecule has 0 amide bonds. The monoisotopic (exact) mass is 193 g/mol. The van der Waals surface area contributed by atoms with Gasteiger partial charge >= 0.3 is 0 Å². The Morgan fingerprint density at radius 2 is 2.50 bits per heavy atom. The van der Waals surface area contributed by atoms with Crippen molar-refractivity contribution in [3.63, 3.8) is 0 Å². The lowest BCUT2D eigenvalue weighted by Crippen LogP contribution is -2.06. The molecule has 0 bridgehead atoms. The third-order valence-electron chi connectivity index (χ3n) is 1.82. The molecule has 0 aliphatic rings. The molecule has 6 heteroatoms. The number of nitrogens with two attached hydrogens (primary N) is 1. The zero-order valence-electron chi connectivity index (χ0n) is 7.69. The first kappa shape index (κ1) is 8.61. The van der Waals surface area contributed by atoms with Crippen molar-refractivity contribution in [2.75, 3.05) is 11.1 Å². The predicted molar refractivity (Wildman–Crippen MR) is 51.5 cm³/mol. The van der Waals surface area contributed by atoms with Crippen LogP contribution in [0.2, 0.25) is 0 Å². The van der Waals surface area contributed by atoms with E-state index in [0.717, 1.165) is 5.76 Å². The number of aromatic nitrogens is 3. The number of hydrogen-bond donors (Lipinski definition) is 3. The summed E-state index contributed by atoms with van der Waals surface area (Å²) in [4.78, 5) is 3.92. The molecule has 14 heavy (non-hydrogen) atoms. The van der Waals surface area contributed by atoms with E-state index in [4.69, 9.17) is 10.2 Å². The molecule has 0 aliphatic carbocycles. The number of nitrogen functional groups attached to an aromatic ring is 1. The van der Waals surface area contributed by atoms with E-state index in [1.54, 1.807) is 6.26 Å². The standard InChI is InChI=1S/C8H11N5O/c1-5(6-3-2-4-14-6)10-8-11-7(9)12-13-8/h2-5H,1H3,(H4,9,10,11,12,13). The van der Waals surface area contributed by atoms with Crippen molar-refractivity contribution in [3.05, 3.63) is 24.2 Å². The number of furan rings is 1. The Morgan fingerprint density at radius 1 is 1.64 bits per heavy atom. The summed E-state index contributed by atoms with van der Waals surface area (Å²) < 4.78 is 5.21. The summed E-state index contributed by atoms with van der Waals surface area (Å²) >= 11 is 0. The molecule has 1 unspecified atom stereocenters. The van der Waals surface area contributed by atoms with Gasteiger partial charge < -0.3 is 15.5 Å². The van der Waals surface area contributed by atoms with Crippen LogP contribution in [-0.4, -0.2) is 15.2 Å². The highest BCUT2D eigenvalue weighted by molar-refractivity contribution is 5.32. The molecule has 0 aromatic carbocycles. The highest BCUT2D eigenvalue weighted by Gasteiger charge is 2.09. The maximum atomic E-state index is 5.38. The minimum Gasteiger partial charge on any atom is -0.467 e. The van der Waals surface area contributed by atoms with E-state index in [2.05, 4.69) is 20.5 Å². The zero-order valence-corrected chi connectivity index (χ0v) is 7.69. The van der Waals surface area contributed by atoms with Gasteiger partial charge in [-0.3, -0.25) is 0 Å². The predicted octanol–water partition coefficient (Wildman–Crippen LogP) is 1.15. The van der Waals surface area contributed by atoms with Gasteiger partial charge in [-0.1, -0.05) is 0 Å². The SMILES string of the molecule is CC(Nc1n[nH]c(N)n1)c1ccco1. The van der Waals surface area contributed by atoms with Gasteiger partial charge in [-0.25, -0.2) is 5.10 Å². The van der Waals surface area contributed by atoms with Crippen LogP contribution >= 0.6 is 0 Å². The Bertz CT molecular complexity index is 394. The average molecular weight is 193 g/mol. The van der Waals surface area contributed by atoms with Gasteiger partial charge in [0.1, 0.15) is 5.76 Å². The van der Waals surface area contributed by atoms with Crippen LogP contribution in [0.25, 0.3) is 0 Å². The Balaban J connectivity index is 2.05. The summed E-state index contributed by atoms with van der Waals surface area (Å²) in [6.45, 7) is 1.95. The molecule has 0 radical (unpaired) electrons. The van der Waals surface area contributed by atoms with Crippen molar-refractivity contribution in [1.29, 1.82) is 0 Å². The van der Waals surface area contributed by atoms with Crippen LogP contribution < -0.4 is 11.1 Å². The zero-order chi connectivity index (χ0) is 9.97. The summed E-state index contributed by atoms with van der Waals surface area (Å²) in [5, 5.41) is 9.43. The molecule has 0 fully saturated rings. The summed E-state index contributed by atoms with van der Waals surface area (Å²) in [6.07, 6.45) is 1.62. The van der Waals surface area contributed by atoms with Gasteiger partial charge in [-0.2, -0.15) is 4.98 Å². The maximum absolute atomic E-state index is 5.38. The molecule has 0 saturated heterocycles. The van der Waals surface area contributed by atoms with Crippen LogP contribution in [-0.2, 0) is 0 Å². The second-order valence-electron chi connectivity index (χ2n) is 2.93. The number of H-pyrrole nitrogens is 1. The number of anilines is 2. The quantitative estimate of drug-likeness (QED) is 0.680. The van der Waals surface area contributed by atoms with Crippen LogP contribution in [0.4, 0.5) is 11.9 Å². The second-order valence-corrected chi connectivity index (χ2v) is 2.93. The first-order valence-corrected chi connectivity index (χ1v) is 4.23. The minimum atomic E-state index is 0.0141. The van der Waals surface area contributed by atoms with Gasteiger partial charge in [0.2, 0.25) is 11.9 Å². The molecule has 0 spiro atoms. The highest BCUT2D eigenvalue weighted by atomic mass is 16.3. The Kier molecular flexibility index (Phi) is 2.10. The molecule has 2 aromatic rings. The van der Waals surface area contributed by atoms with Crippen molar-refractivity contribution < 1.29 is 4.42 Å². The fourth-order valence-corrected chi connectivity index (χ4v) is 1.14. The molecule has 4 N–H and O–H groups in total. The van der Waals surface area contributed by atoms with Crippen LogP contribution in [0.1, 0.15) is 18.7 Å². The molecular weight excluding hydrogens is 182 g/mol. The van der Waals surface area contributed by atoms with Crippen LogP contribution in [0.5, 0.6) is 0 Å². The normalized spacial score (nSPS) is 12.6. The summed E-state index contributed by atoms with van der Waals surface area (Å²) in [7, 11) is 0. The third-order valence-corrected chi connectivity index (χ3v) is 1.82. The van der Waals surface area contributed by atoms with Crippen molar-refractivity contribution in [3.8, 4) is 0 Å². The lowest BCUT2D eigenvalue weighted by molar-refractivity contribution is 0.489. The van der Waals surface area contributed by atoms with Crippen molar-refractivity contribution >= 4 is 11.9 Å². The van der Waals surface area contributed by atoms with Crippen molar-refractivity contribution in [1.82, 2.24) is 15.2 Å². The summed E-state index contributed by atoms with van der Waals surface area (Å²) in [6, 6.07) is 3.73. The van der Waals surface area contributed by atoms with E-state index < -0.39 is 0 Å². The van der Waals surface area contributed by atoms with E-state index in [-0.39, 0.29) is 6.04 Å². The highest BCUT2D eigenvalue weighted by Crippen LogP contribution is 2.16. The summed E-state index contributed by atoms with van der Waals surface area (Å²) in [5.74, 6) is 1.58. The lowest BCUT2D eigenvalue weighted by Gasteiger charge is -2.08. The minimum absolute atomic E-state index is 0.0141. The molecule has 2 heterocycles. The molecule has 6 nitrogen and oxygen atoms in total. The number of nitrogens with one attached hydrogen (secondary N) is 2. The van der Waals surface area contributed by atoms with Gasteiger partial charge in [0, 0.05) is 0 Å². The molecule has 74 valence electrons. The Hall–Kier alpha value is -1.98. The molecule has 0 aliphatic heterocycles. The topological polar surface area (TPSA) is 92.8 Å². The van der Waals surface area contributed by atoms with Gasteiger partial charge in [-0.05, 0) is 19.1 Å².